The molecule has 2 saturated heterocycles. The fraction of sp³-hybridized carbons (Fsp3) is 0.417. The Morgan fingerprint density at radius 1 is 0.967 bits per heavy atom. The minimum absolute atomic E-state index is 0.0746. The van der Waals surface area contributed by atoms with Crippen molar-refractivity contribution in [2.75, 3.05) is 36.0 Å². The van der Waals surface area contributed by atoms with Crippen molar-refractivity contribution in [2.24, 2.45) is 0 Å². The Morgan fingerprint density at radius 2 is 1.60 bits per heavy atom. The van der Waals surface area contributed by atoms with Gasteiger partial charge in [0.2, 0.25) is 5.91 Å². The lowest BCUT2D eigenvalue weighted by Gasteiger charge is -2.35. The number of quaternary nitrogens is 1. The van der Waals surface area contributed by atoms with E-state index in [0.717, 1.165) is 51.1 Å². The number of imide groups is 1. The van der Waals surface area contributed by atoms with Crippen molar-refractivity contribution in [2.45, 2.75) is 38.6 Å². The van der Waals surface area contributed by atoms with Gasteiger partial charge in [-0.1, -0.05) is 25.5 Å². The summed E-state index contributed by atoms with van der Waals surface area (Å²) in [6.07, 6.45) is 3.60. The molecule has 2 N–H and O–H groups in total. The van der Waals surface area contributed by atoms with Gasteiger partial charge in [-0.05, 0) is 54.8 Å². The monoisotopic (exact) mass is 408 g/mol. The molecule has 0 radical (unpaired) electrons. The van der Waals surface area contributed by atoms with E-state index in [2.05, 4.69) is 11.8 Å². The Bertz CT molecular complexity index is 887. The van der Waals surface area contributed by atoms with Crippen LogP contribution < -0.4 is 14.7 Å². The third-order valence-electron chi connectivity index (χ3n) is 6.27. The molecule has 0 spiro atoms. The van der Waals surface area contributed by atoms with Crippen molar-refractivity contribution in [3.8, 4) is 5.75 Å². The van der Waals surface area contributed by atoms with E-state index in [9.17, 15) is 14.7 Å². The Kier molecular flexibility index (Phi) is 6.04. The summed E-state index contributed by atoms with van der Waals surface area (Å²) in [5.74, 6) is 0.0886. The van der Waals surface area contributed by atoms with Gasteiger partial charge in [0.05, 0.1) is 38.3 Å². The standard InChI is InChI=1S/C24H29N3O3/c1-2-3-4-18-5-7-20(8-6-18)27-23(29)17-22(24(27)30)26-15-13-25(14-16-26)19-9-11-21(28)12-10-19/h5-12,22,28H,2-4,13-17H2,1H3/p+1/t22-/m0/s1. The molecule has 30 heavy (non-hydrogen) atoms. The first-order valence-corrected chi connectivity index (χ1v) is 10.9. The molecule has 2 fully saturated rings. The Balaban J connectivity index is 1.39. The molecular weight excluding hydrogens is 378 g/mol. The van der Waals surface area contributed by atoms with E-state index in [0.29, 0.717) is 5.69 Å². The number of hydrogen-bond acceptors (Lipinski definition) is 4. The first-order chi connectivity index (χ1) is 14.6. The van der Waals surface area contributed by atoms with Crippen LogP contribution in [0.1, 0.15) is 31.7 Å². The van der Waals surface area contributed by atoms with Crippen molar-refractivity contribution in [1.29, 1.82) is 0 Å². The normalized spacial score (nSPS) is 20.2. The summed E-state index contributed by atoms with van der Waals surface area (Å²) in [4.78, 5) is 30.6. The summed E-state index contributed by atoms with van der Waals surface area (Å²) in [6, 6.07) is 14.8. The molecule has 1 atom stereocenters. The zero-order chi connectivity index (χ0) is 21.1. The molecule has 2 aromatic carbocycles. The molecular formula is C24H30N3O3+. The first-order valence-electron chi connectivity index (χ1n) is 10.9. The van der Waals surface area contributed by atoms with Crippen LogP contribution in [0.3, 0.4) is 0 Å². The largest absolute Gasteiger partial charge is 0.508 e. The molecule has 0 aromatic heterocycles. The average molecular weight is 409 g/mol. The van der Waals surface area contributed by atoms with Crippen LogP contribution in [0.15, 0.2) is 48.5 Å². The van der Waals surface area contributed by atoms with Crippen molar-refractivity contribution >= 4 is 23.2 Å². The lowest BCUT2D eigenvalue weighted by Crippen LogP contribution is -3.19. The maximum Gasteiger partial charge on any atom is 0.292 e. The number of rotatable bonds is 6. The maximum absolute atomic E-state index is 13.1. The minimum Gasteiger partial charge on any atom is -0.508 e. The van der Waals surface area contributed by atoms with Gasteiger partial charge in [-0.2, -0.15) is 0 Å². The van der Waals surface area contributed by atoms with Crippen molar-refractivity contribution in [3.63, 3.8) is 0 Å². The minimum atomic E-state index is -0.292. The number of aryl methyl sites for hydroxylation is 1. The third kappa shape index (κ3) is 4.19. The second kappa shape index (κ2) is 8.88. The highest BCUT2D eigenvalue weighted by Gasteiger charge is 2.46. The molecule has 2 aromatic rings. The fourth-order valence-electron chi connectivity index (χ4n) is 4.48. The van der Waals surface area contributed by atoms with Crippen molar-refractivity contribution in [3.05, 3.63) is 54.1 Å². The molecule has 6 heteroatoms. The van der Waals surface area contributed by atoms with Crippen molar-refractivity contribution in [1.82, 2.24) is 0 Å². The van der Waals surface area contributed by atoms with Gasteiger partial charge >= 0.3 is 0 Å². The van der Waals surface area contributed by atoms with E-state index < -0.39 is 0 Å². The van der Waals surface area contributed by atoms with Crippen molar-refractivity contribution < 1.29 is 19.6 Å². The lowest BCUT2D eigenvalue weighted by atomic mass is 10.1. The molecule has 0 unspecified atom stereocenters. The number of anilines is 2. The topological polar surface area (TPSA) is 65.3 Å². The number of hydrogen-bond donors (Lipinski definition) is 2. The highest BCUT2D eigenvalue weighted by Crippen LogP contribution is 2.23. The van der Waals surface area contributed by atoms with E-state index in [1.807, 2.05) is 36.4 Å². The summed E-state index contributed by atoms with van der Waals surface area (Å²) in [6.45, 7) is 5.44. The lowest BCUT2D eigenvalue weighted by molar-refractivity contribution is -0.915. The number of carbonyl (C=O) groups excluding carboxylic acids is 2. The number of unbranched alkanes of at least 4 members (excludes halogenated alkanes) is 1. The van der Waals surface area contributed by atoms with E-state index in [1.54, 1.807) is 12.1 Å². The van der Waals surface area contributed by atoms with Gasteiger partial charge in [-0.15, -0.1) is 0 Å². The van der Waals surface area contributed by atoms with Crippen LogP contribution in [0.4, 0.5) is 11.4 Å². The van der Waals surface area contributed by atoms with Crippen LogP contribution in [0, 0.1) is 0 Å². The third-order valence-corrected chi connectivity index (χ3v) is 6.27. The maximum atomic E-state index is 13.1. The van der Waals surface area contributed by atoms with E-state index in [1.165, 1.54) is 15.4 Å². The summed E-state index contributed by atoms with van der Waals surface area (Å²) in [5, 5.41) is 9.47. The second-order valence-corrected chi connectivity index (χ2v) is 8.26. The molecule has 2 heterocycles. The average Bonchev–Trinajstić information content (AvgIpc) is 3.07. The zero-order valence-corrected chi connectivity index (χ0v) is 17.5. The summed E-state index contributed by atoms with van der Waals surface area (Å²) >= 11 is 0. The van der Waals surface area contributed by atoms with Crippen LogP contribution in [-0.4, -0.2) is 49.1 Å². The number of phenolic OH excluding ortho intramolecular Hbond substituents is 1. The Labute approximate surface area is 177 Å². The fourth-order valence-corrected chi connectivity index (χ4v) is 4.48. The highest BCUT2D eigenvalue weighted by molar-refractivity contribution is 6.21. The predicted molar refractivity (Wildman–Crippen MR) is 117 cm³/mol. The quantitative estimate of drug-likeness (QED) is 0.715. The molecule has 0 saturated carbocycles. The molecule has 2 amide bonds. The molecule has 4 rings (SSSR count). The molecule has 6 nitrogen and oxygen atoms in total. The number of amides is 2. The number of piperazine rings is 1. The van der Waals surface area contributed by atoms with Gasteiger partial charge < -0.3 is 14.9 Å². The van der Waals surface area contributed by atoms with Gasteiger partial charge in [0.25, 0.3) is 5.91 Å². The number of nitrogens with zero attached hydrogens (tertiary/aromatic N) is 2. The van der Waals surface area contributed by atoms with E-state index in [4.69, 9.17) is 0 Å². The highest BCUT2D eigenvalue weighted by atomic mass is 16.3. The van der Waals surface area contributed by atoms with Gasteiger partial charge in [0, 0.05) is 5.69 Å². The Hall–Kier alpha value is -2.86. The summed E-state index contributed by atoms with van der Waals surface area (Å²) < 4.78 is 0. The van der Waals surface area contributed by atoms with Gasteiger partial charge in [-0.25, -0.2) is 4.90 Å². The van der Waals surface area contributed by atoms with Gasteiger partial charge in [0.1, 0.15) is 5.75 Å². The van der Waals surface area contributed by atoms with Crippen LogP contribution in [-0.2, 0) is 16.0 Å². The van der Waals surface area contributed by atoms with Crippen LogP contribution in [0.5, 0.6) is 5.75 Å². The molecule has 158 valence electrons. The Morgan fingerprint density at radius 3 is 2.23 bits per heavy atom. The smallest absolute Gasteiger partial charge is 0.292 e. The van der Waals surface area contributed by atoms with Gasteiger partial charge in [0.15, 0.2) is 6.04 Å². The first kappa shape index (κ1) is 20.4. The predicted octanol–water partition coefficient (Wildman–Crippen LogP) is 1.77. The molecule has 2 aliphatic rings. The summed E-state index contributed by atoms with van der Waals surface area (Å²) in [7, 11) is 0. The number of aromatic hydroxyl groups is 1. The zero-order valence-electron chi connectivity index (χ0n) is 17.5. The van der Waals surface area contributed by atoms with Crippen LogP contribution in [0.25, 0.3) is 0 Å². The van der Waals surface area contributed by atoms with Crippen LogP contribution in [0.2, 0.25) is 0 Å². The number of benzene rings is 2. The molecule has 0 bridgehead atoms. The van der Waals surface area contributed by atoms with E-state index >= 15 is 0 Å². The number of nitrogens with one attached hydrogen (secondary N) is 1. The number of carbonyl (C=O) groups is 2. The van der Waals surface area contributed by atoms with E-state index in [-0.39, 0.29) is 30.0 Å². The van der Waals surface area contributed by atoms with Gasteiger partial charge in [-0.3, -0.25) is 9.59 Å². The van der Waals surface area contributed by atoms with Crippen LogP contribution >= 0.6 is 0 Å². The molecule has 2 aliphatic heterocycles. The molecule has 0 aliphatic carbocycles. The second-order valence-electron chi connectivity index (χ2n) is 8.26. The number of phenols is 1. The SMILES string of the molecule is CCCCc1ccc(N2C(=O)C[C@H]([NH+]3CCN(c4ccc(O)cc4)CC3)C2=O)cc1. The summed E-state index contributed by atoms with van der Waals surface area (Å²) in [5.41, 5.74) is 3.01.